The van der Waals surface area contributed by atoms with Crippen LogP contribution in [0.25, 0.3) is 0 Å². The Bertz CT molecular complexity index is 562. The van der Waals surface area contributed by atoms with Gasteiger partial charge in [-0.3, -0.25) is 9.59 Å². The summed E-state index contributed by atoms with van der Waals surface area (Å²) >= 11 is 5.83. The fourth-order valence-corrected chi connectivity index (χ4v) is 2.14. The van der Waals surface area contributed by atoms with Gasteiger partial charge in [0.15, 0.2) is 6.61 Å². The lowest BCUT2D eigenvalue weighted by Gasteiger charge is -2.10. The van der Waals surface area contributed by atoms with E-state index < -0.39 is 17.9 Å². The highest BCUT2D eigenvalue weighted by atomic mass is 35.5. The van der Waals surface area contributed by atoms with Gasteiger partial charge < -0.3 is 15.4 Å². The third-order valence-electron chi connectivity index (χ3n) is 3.00. The van der Waals surface area contributed by atoms with Crippen molar-refractivity contribution in [2.24, 2.45) is 0 Å². The number of nitrogens with one attached hydrogen (secondary N) is 2. The standard InChI is InChI=1S/C14H15ClN2O4/c15-10-3-1-2-9(6-10)7-16-13(19)8-21-14(20)11-4-5-12(18)17-11/h1-3,6,11H,4-5,7-8H2,(H,16,19)(H,17,18). The molecular formula is C14H15ClN2O4. The molecule has 1 saturated heterocycles. The molecule has 1 aromatic rings. The van der Waals surface area contributed by atoms with Crippen LogP contribution in [0.3, 0.4) is 0 Å². The van der Waals surface area contributed by atoms with Crippen LogP contribution in [0.4, 0.5) is 0 Å². The Balaban J connectivity index is 1.70. The summed E-state index contributed by atoms with van der Waals surface area (Å²) in [6.07, 6.45) is 0.711. The lowest BCUT2D eigenvalue weighted by atomic mass is 10.2. The van der Waals surface area contributed by atoms with Gasteiger partial charge >= 0.3 is 5.97 Å². The molecule has 0 saturated carbocycles. The van der Waals surface area contributed by atoms with Gasteiger partial charge in [-0.1, -0.05) is 23.7 Å². The molecule has 7 heteroatoms. The Kier molecular flexibility index (Phi) is 5.16. The molecule has 2 rings (SSSR count). The first-order valence-electron chi connectivity index (χ1n) is 6.52. The predicted molar refractivity (Wildman–Crippen MR) is 75.4 cm³/mol. The van der Waals surface area contributed by atoms with Gasteiger partial charge in [-0.25, -0.2) is 4.79 Å². The Morgan fingerprint density at radius 2 is 2.24 bits per heavy atom. The SMILES string of the molecule is O=C(COC(=O)C1CCC(=O)N1)NCc1cccc(Cl)c1. The molecule has 2 N–H and O–H groups in total. The lowest BCUT2D eigenvalue weighted by molar-refractivity contribution is -0.150. The number of esters is 1. The minimum Gasteiger partial charge on any atom is -0.454 e. The zero-order valence-electron chi connectivity index (χ0n) is 11.2. The van der Waals surface area contributed by atoms with Gasteiger partial charge in [-0.05, 0) is 24.1 Å². The molecule has 1 aliphatic heterocycles. The summed E-state index contributed by atoms with van der Waals surface area (Å²) in [5.41, 5.74) is 0.852. The van der Waals surface area contributed by atoms with Crippen LogP contribution in [0.5, 0.6) is 0 Å². The second-order valence-electron chi connectivity index (χ2n) is 4.67. The van der Waals surface area contributed by atoms with Crippen molar-refractivity contribution in [1.82, 2.24) is 10.6 Å². The van der Waals surface area contributed by atoms with Crippen LogP contribution in [0, 0.1) is 0 Å². The van der Waals surface area contributed by atoms with Crippen molar-refractivity contribution >= 4 is 29.4 Å². The van der Waals surface area contributed by atoms with E-state index in [4.69, 9.17) is 16.3 Å². The smallest absolute Gasteiger partial charge is 0.329 e. The van der Waals surface area contributed by atoms with E-state index in [2.05, 4.69) is 10.6 Å². The molecule has 1 unspecified atom stereocenters. The molecule has 1 aliphatic rings. The van der Waals surface area contributed by atoms with E-state index in [1.165, 1.54) is 0 Å². The fourth-order valence-electron chi connectivity index (χ4n) is 1.93. The molecule has 0 bridgehead atoms. The third-order valence-corrected chi connectivity index (χ3v) is 3.24. The number of ether oxygens (including phenoxy) is 1. The number of hydrogen-bond acceptors (Lipinski definition) is 4. The minimum atomic E-state index is -0.641. The maximum absolute atomic E-state index is 11.6. The molecule has 112 valence electrons. The number of amides is 2. The average Bonchev–Trinajstić information content (AvgIpc) is 2.89. The quantitative estimate of drug-likeness (QED) is 0.787. The number of carbonyl (C=O) groups is 3. The van der Waals surface area contributed by atoms with Crippen LogP contribution < -0.4 is 10.6 Å². The van der Waals surface area contributed by atoms with Crippen molar-refractivity contribution in [2.75, 3.05) is 6.61 Å². The Morgan fingerprint density at radius 3 is 2.90 bits per heavy atom. The normalized spacial score (nSPS) is 17.2. The predicted octanol–water partition coefficient (Wildman–Crippen LogP) is 0.778. The Hall–Kier alpha value is -2.08. The summed E-state index contributed by atoms with van der Waals surface area (Å²) in [4.78, 5) is 34.1. The van der Waals surface area contributed by atoms with Crippen LogP contribution in [0.2, 0.25) is 5.02 Å². The highest BCUT2D eigenvalue weighted by Crippen LogP contribution is 2.10. The second-order valence-corrected chi connectivity index (χ2v) is 5.11. The van der Waals surface area contributed by atoms with Crippen molar-refractivity contribution in [3.05, 3.63) is 34.9 Å². The van der Waals surface area contributed by atoms with E-state index in [0.29, 0.717) is 24.4 Å². The van der Waals surface area contributed by atoms with Crippen LogP contribution in [0.15, 0.2) is 24.3 Å². The van der Waals surface area contributed by atoms with Gasteiger partial charge in [0.05, 0.1) is 0 Å². The lowest BCUT2D eigenvalue weighted by Crippen LogP contribution is -2.37. The molecule has 21 heavy (non-hydrogen) atoms. The summed E-state index contributed by atoms with van der Waals surface area (Å²) in [6.45, 7) is -0.0666. The van der Waals surface area contributed by atoms with Crippen LogP contribution in [0.1, 0.15) is 18.4 Å². The van der Waals surface area contributed by atoms with E-state index in [0.717, 1.165) is 5.56 Å². The molecular weight excluding hydrogens is 296 g/mol. The summed E-state index contributed by atoms with van der Waals surface area (Å²) in [5.74, 6) is -1.17. The first-order chi connectivity index (χ1) is 10.0. The average molecular weight is 311 g/mol. The summed E-state index contributed by atoms with van der Waals surface area (Å²) in [5, 5.41) is 5.69. The van der Waals surface area contributed by atoms with E-state index in [1.54, 1.807) is 18.2 Å². The zero-order chi connectivity index (χ0) is 15.2. The maximum Gasteiger partial charge on any atom is 0.329 e. The van der Waals surface area contributed by atoms with Gasteiger partial charge in [-0.2, -0.15) is 0 Å². The van der Waals surface area contributed by atoms with Gasteiger partial charge in [0.25, 0.3) is 5.91 Å². The summed E-state index contributed by atoms with van der Waals surface area (Å²) in [7, 11) is 0. The molecule has 1 atom stereocenters. The molecule has 1 aromatic carbocycles. The van der Waals surface area contributed by atoms with E-state index >= 15 is 0 Å². The van der Waals surface area contributed by atoms with Gasteiger partial charge in [0, 0.05) is 18.0 Å². The summed E-state index contributed by atoms with van der Waals surface area (Å²) < 4.78 is 4.86. The van der Waals surface area contributed by atoms with Gasteiger partial charge in [0.2, 0.25) is 5.91 Å². The molecule has 0 aromatic heterocycles. The molecule has 1 fully saturated rings. The second kappa shape index (κ2) is 7.08. The maximum atomic E-state index is 11.6. The molecule has 1 heterocycles. The van der Waals surface area contributed by atoms with Gasteiger partial charge in [-0.15, -0.1) is 0 Å². The van der Waals surface area contributed by atoms with E-state index in [1.807, 2.05) is 6.07 Å². The molecule has 6 nitrogen and oxygen atoms in total. The minimum absolute atomic E-state index is 0.178. The van der Waals surface area contributed by atoms with Crippen LogP contribution >= 0.6 is 11.6 Å². The monoisotopic (exact) mass is 310 g/mol. The highest BCUT2D eigenvalue weighted by Gasteiger charge is 2.28. The fraction of sp³-hybridized carbons (Fsp3) is 0.357. The van der Waals surface area contributed by atoms with E-state index in [-0.39, 0.29) is 12.5 Å². The summed E-state index contributed by atoms with van der Waals surface area (Å²) in [6, 6.07) is 6.45. The first-order valence-corrected chi connectivity index (χ1v) is 6.89. The van der Waals surface area contributed by atoms with Crippen molar-refractivity contribution in [1.29, 1.82) is 0 Å². The van der Waals surface area contributed by atoms with Crippen molar-refractivity contribution < 1.29 is 19.1 Å². The molecule has 0 radical (unpaired) electrons. The number of rotatable bonds is 5. The Morgan fingerprint density at radius 1 is 1.43 bits per heavy atom. The van der Waals surface area contributed by atoms with Crippen molar-refractivity contribution in [3.63, 3.8) is 0 Å². The van der Waals surface area contributed by atoms with Crippen LogP contribution in [-0.4, -0.2) is 30.4 Å². The number of benzene rings is 1. The molecule has 0 aliphatic carbocycles. The largest absolute Gasteiger partial charge is 0.454 e. The van der Waals surface area contributed by atoms with Crippen molar-refractivity contribution in [2.45, 2.75) is 25.4 Å². The molecule has 0 spiro atoms. The zero-order valence-corrected chi connectivity index (χ0v) is 12.0. The number of halogens is 1. The van der Waals surface area contributed by atoms with Crippen LogP contribution in [-0.2, 0) is 25.7 Å². The topological polar surface area (TPSA) is 84.5 Å². The first kappa shape index (κ1) is 15.3. The third kappa shape index (κ3) is 4.75. The number of hydrogen-bond donors (Lipinski definition) is 2. The number of carbonyl (C=O) groups excluding carboxylic acids is 3. The van der Waals surface area contributed by atoms with E-state index in [9.17, 15) is 14.4 Å². The van der Waals surface area contributed by atoms with Gasteiger partial charge in [0.1, 0.15) is 6.04 Å². The molecule has 2 amide bonds. The Labute approximate surface area is 126 Å². The highest BCUT2D eigenvalue weighted by molar-refractivity contribution is 6.30. The van der Waals surface area contributed by atoms with Crippen molar-refractivity contribution in [3.8, 4) is 0 Å².